The lowest BCUT2D eigenvalue weighted by Gasteiger charge is -2.38. The third-order valence-electron chi connectivity index (χ3n) is 21.6. The number of carbonyl (C=O) groups excluding carboxylic acids is 8. The quantitative estimate of drug-likeness (QED) is 0.0161. The molecule has 0 unspecified atom stereocenters. The van der Waals surface area contributed by atoms with Gasteiger partial charge in [0.1, 0.15) is 34.9 Å². The Morgan fingerprint density at radius 1 is 0.512 bits per heavy atom. The van der Waals surface area contributed by atoms with E-state index in [0.29, 0.717) is 190 Å². The smallest absolute Gasteiger partial charge is 0.410 e. The van der Waals surface area contributed by atoms with Gasteiger partial charge in [0.25, 0.3) is 0 Å². The second-order valence-electron chi connectivity index (χ2n) is 32.1. The highest BCUT2D eigenvalue weighted by Crippen LogP contribution is 2.33. The van der Waals surface area contributed by atoms with E-state index in [9.17, 15) is 38.4 Å². The van der Waals surface area contributed by atoms with Gasteiger partial charge in [0, 0.05) is 108 Å². The van der Waals surface area contributed by atoms with Gasteiger partial charge >= 0.3 is 12.1 Å². The topological polar surface area (TPSA) is 482 Å². The van der Waals surface area contributed by atoms with Crippen LogP contribution in [0.4, 0.5) is 33.1 Å². The van der Waals surface area contributed by atoms with Gasteiger partial charge in [0.05, 0.1) is 158 Å². The summed E-state index contributed by atoms with van der Waals surface area (Å²) in [6, 6.07) is 17.9. The van der Waals surface area contributed by atoms with Crippen molar-refractivity contribution in [2.75, 3.05) is 175 Å². The van der Waals surface area contributed by atoms with Crippen molar-refractivity contribution in [2.45, 2.75) is 195 Å². The number of urea groups is 1. The molecule has 0 bridgehead atoms. The van der Waals surface area contributed by atoms with E-state index in [1.165, 1.54) is 13.8 Å². The highest BCUT2D eigenvalue weighted by atomic mass is 16.6. The first kappa shape index (κ1) is 103. The molecule has 9 rings (SSSR count). The maximum absolute atomic E-state index is 13.9. The van der Waals surface area contributed by atoms with Gasteiger partial charge in [-0.2, -0.15) is 20.2 Å². The summed E-state index contributed by atoms with van der Waals surface area (Å²) >= 11 is 0. The van der Waals surface area contributed by atoms with E-state index in [4.69, 9.17) is 79.5 Å². The number of carbonyl (C=O) groups is 8. The molecule has 7 aromatic rings. The standard InChI is InChI=1S/C56H83N11O12.C35H54N8O7/c1-6-7-20-60-52-51-48(63-54(57)64-52)36-66(65-51)35-43-18-17-42(32-50(43)74-5)34-67(44-10-8-11-44)56(73)79-37-41-15-13-40(14-16-41)31-49(70)47(12-9-21-61-55(58)72)62-53(71)46(38(2)3)33-45(69)19-23-75-25-27-77-29-30-78-28-26-76-24-22-59-39(4)68;1-4-5-12-38-34-33-30(39-35(36)40-34)25-42(41-33)24-28-10-9-27(22-31(28)46-3)23-43(29-7-6-8-29)32(45)11-14-47-16-18-49-20-21-50-19-17-48-15-13-37-26(2)44/h13-18,32,36,38,44,46-47H,6-12,19-31,33-35,37H2,1-5H3,(H,59,68)(H,62,71)(H3,58,61,72)(H3,57,60,63,64);9-10,22,25,29H,4-8,11-21,23-24H2,1-3H3,(H,37,44)(H3,36,38,39,40)/t46-,47-;/m0./s1. The number of amides is 7. The molecular weight excluding hydrogens is 1660 g/mol. The molecule has 710 valence electrons. The first-order chi connectivity index (χ1) is 62.5. The number of hydrogen-bond acceptors (Lipinski definition) is 29. The second-order valence-corrected chi connectivity index (χ2v) is 32.1. The Kier molecular flexibility index (Phi) is 46.3. The lowest BCUT2D eigenvalue weighted by Crippen LogP contribution is -2.46. The molecule has 3 aromatic carbocycles. The van der Waals surface area contributed by atoms with E-state index in [1.54, 1.807) is 48.1 Å². The number of anilines is 4. The van der Waals surface area contributed by atoms with Crippen molar-refractivity contribution in [2.24, 2.45) is 17.6 Å². The summed E-state index contributed by atoms with van der Waals surface area (Å²) in [4.78, 5) is 122. The molecule has 38 nitrogen and oxygen atoms in total. The van der Waals surface area contributed by atoms with Gasteiger partial charge in [-0.1, -0.05) is 89.1 Å². The molecule has 12 N–H and O–H groups in total. The van der Waals surface area contributed by atoms with Crippen LogP contribution in [0.15, 0.2) is 73.1 Å². The minimum atomic E-state index is -0.894. The molecular formula is C91H137N19O19. The fraction of sp³-hybridized carbons (Fsp3) is 0.604. The number of nitrogens with two attached hydrogens (primary N) is 3. The average Bonchev–Trinajstić information content (AvgIpc) is 1.67. The highest BCUT2D eigenvalue weighted by molar-refractivity contribution is 5.93. The van der Waals surface area contributed by atoms with Crippen LogP contribution in [0.1, 0.15) is 171 Å². The van der Waals surface area contributed by atoms with Gasteiger partial charge < -0.3 is 111 Å². The normalized spacial score (nSPS) is 13.0. The van der Waals surface area contributed by atoms with Crippen LogP contribution in [-0.2, 0) is 111 Å². The van der Waals surface area contributed by atoms with Crippen molar-refractivity contribution in [3.63, 3.8) is 0 Å². The number of ketones is 2. The van der Waals surface area contributed by atoms with Crippen molar-refractivity contribution in [1.29, 1.82) is 0 Å². The van der Waals surface area contributed by atoms with Gasteiger partial charge in [-0.25, -0.2) is 19.6 Å². The summed E-state index contributed by atoms with van der Waals surface area (Å²) in [7, 11) is 3.27. The fourth-order valence-electron chi connectivity index (χ4n) is 14.1. The monoisotopic (exact) mass is 1800 g/mol. The maximum Gasteiger partial charge on any atom is 0.410 e. The van der Waals surface area contributed by atoms with Crippen LogP contribution in [0.2, 0.25) is 0 Å². The Balaban J connectivity index is 0.000000352. The number of Topliss-reactive ketones (excluding diaryl/α,β-unsaturated/α-hetero) is 2. The first-order valence-electron chi connectivity index (χ1n) is 45.1. The summed E-state index contributed by atoms with van der Waals surface area (Å²) in [6.07, 6.45) is 14.3. The Hall–Kier alpha value is -11.0. The molecule has 129 heavy (non-hydrogen) atoms. The number of unbranched alkanes of at least 4 members (excludes halogenated alkanes) is 2. The molecule has 7 amide bonds. The van der Waals surface area contributed by atoms with E-state index in [-0.39, 0.29) is 111 Å². The molecule has 4 heterocycles. The van der Waals surface area contributed by atoms with Crippen molar-refractivity contribution < 1.29 is 90.5 Å². The van der Waals surface area contributed by atoms with Crippen molar-refractivity contribution in [1.82, 2.24) is 70.6 Å². The van der Waals surface area contributed by atoms with Gasteiger partial charge in [-0.05, 0) is 105 Å². The minimum Gasteiger partial charge on any atom is -0.496 e. The van der Waals surface area contributed by atoms with Crippen molar-refractivity contribution in [3.8, 4) is 11.5 Å². The number of nitrogens with zero attached hydrogens (tertiary/aromatic N) is 10. The number of methoxy groups -OCH3 is 2. The van der Waals surface area contributed by atoms with E-state index < -0.39 is 30.0 Å². The second kappa shape index (κ2) is 57.8. The largest absolute Gasteiger partial charge is 0.496 e. The molecule has 2 saturated carbocycles. The summed E-state index contributed by atoms with van der Waals surface area (Å²) in [5, 5.41) is 26.9. The summed E-state index contributed by atoms with van der Waals surface area (Å²) in [5.41, 5.74) is 25.0. The van der Waals surface area contributed by atoms with Gasteiger partial charge in [0.2, 0.25) is 35.5 Å². The number of ether oxygens (including phenoxy) is 11. The van der Waals surface area contributed by atoms with Crippen LogP contribution in [0.3, 0.4) is 0 Å². The Bertz CT molecular complexity index is 4590. The van der Waals surface area contributed by atoms with Crippen molar-refractivity contribution >= 4 is 92.9 Å². The number of primary amides is 1. The Morgan fingerprint density at radius 2 is 0.946 bits per heavy atom. The fourth-order valence-corrected chi connectivity index (χ4v) is 14.1. The van der Waals surface area contributed by atoms with E-state index in [0.717, 1.165) is 111 Å². The molecule has 0 spiro atoms. The lowest BCUT2D eigenvalue weighted by atomic mass is 9.88. The SMILES string of the molecule is CCCCNc1nc(N)nc2cn(Cc3ccc(CN(C(=O)CCOCCOCCOCCOCCNC(C)=O)C4CCC4)cc3OC)nc12.CCCCNc1nc(N)nc2cn(Cc3ccc(CN(C(=O)OCc4ccc(CC(=O)[C@H](CCCNC(N)=O)NC(=O)[C@@H](CC(=O)CCOCCOCCOCCOCCNC(C)=O)C(C)C)cc4)C4CCC4)cc3OC)nc12. The van der Waals surface area contributed by atoms with Gasteiger partial charge in [0.15, 0.2) is 28.5 Å². The van der Waals surface area contributed by atoms with Crippen LogP contribution >= 0.6 is 0 Å². The summed E-state index contributed by atoms with van der Waals surface area (Å²) in [5.74, 6) is 1.22. The van der Waals surface area contributed by atoms with Crippen LogP contribution in [0, 0.1) is 11.8 Å². The minimum absolute atomic E-state index is 0.00245. The number of nitrogen functional groups attached to an aromatic ring is 2. The molecule has 38 heteroatoms. The molecule has 0 radical (unpaired) electrons. The predicted octanol–water partition coefficient (Wildman–Crippen LogP) is 8.39. The molecule has 2 aliphatic rings. The maximum atomic E-state index is 13.9. The Morgan fingerprint density at radius 3 is 1.38 bits per heavy atom. The van der Waals surface area contributed by atoms with Gasteiger partial charge in [-0.15, -0.1) is 0 Å². The molecule has 2 fully saturated rings. The number of hydrogen-bond donors (Lipinski definition) is 9. The molecule has 0 saturated heterocycles. The van der Waals surface area contributed by atoms with Crippen LogP contribution in [0.5, 0.6) is 11.5 Å². The van der Waals surface area contributed by atoms with Crippen molar-refractivity contribution in [3.05, 3.63) is 106 Å². The molecule has 4 aromatic heterocycles. The first-order valence-corrected chi connectivity index (χ1v) is 45.1. The highest BCUT2D eigenvalue weighted by Gasteiger charge is 2.33. The lowest BCUT2D eigenvalue weighted by molar-refractivity contribution is -0.137. The summed E-state index contributed by atoms with van der Waals surface area (Å²) in [6.45, 7) is 21.5. The number of rotatable bonds is 64. The van der Waals surface area contributed by atoms with Crippen LogP contribution < -0.4 is 58.6 Å². The van der Waals surface area contributed by atoms with E-state index in [2.05, 4.69) is 71.8 Å². The third kappa shape index (κ3) is 37.5. The predicted molar refractivity (Wildman–Crippen MR) is 487 cm³/mol. The van der Waals surface area contributed by atoms with E-state index in [1.807, 2.05) is 66.2 Å². The van der Waals surface area contributed by atoms with Crippen LogP contribution in [-0.4, -0.2) is 267 Å². The number of benzene rings is 3. The third-order valence-corrected chi connectivity index (χ3v) is 21.6. The number of aromatic nitrogens is 8. The molecule has 0 aliphatic heterocycles. The molecule has 2 aliphatic carbocycles. The zero-order valence-corrected chi connectivity index (χ0v) is 76.5. The summed E-state index contributed by atoms with van der Waals surface area (Å²) < 4.78 is 65.1. The zero-order chi connectivity index (χ0) is 92.5. The number of nitrogens with one attached hydrogen (secondary N) is 6. The molecule has 2 atom stereocenters. The number of fused-ring (bicyclic) bond motifs is 2. The zero-order valence-electron chi connectivity index (χ0n) is 76.5. The Labute approximate surface area is 755 Å². The average molecular weight is 1800 g/mol. The van der Waals surface area contributed by atoms with Gasteiger partial charge in [-0.3, -0.25) is 38.1 Å². The van der Waals surface area contributed by atoms with E-state index >= 15 is 0 Å². The van der Waals surface area contributed by atoms with Crippen LogP contribution in [0.25, 0.3) is 22.1 Å².